The Balaban J connectivity index is 2.01. The van der Waals surface area contributed by atoms with Crippen LogP contribution in [-0.2, 0) is 7.05 Å². The van der Waals surface area contributed by atoms with E-state index in [0.29, 0.717) is 5.56 Å². The van der Waals surface area contributed by atoms with Crippen LogP contribution in [0.3, 0.4) is 0 Å². The first-order valence-corrected chi connectivity index (χ1v) is 8.51. The second-order valence-electron chi connectivity index (χ2n) is 6.47. The first-order chi connectivity index (χ1) is 12.9. The largest absolute Gasteiger partial charge is 0.497 e. The molecule has 0 atom stereocenters. The van der Waals surface area contributed by atoms with E-state index >= 15 is 0 Å². The molecule has 2 aromatic carbocycles. The molecular weight excluding hydrogens is 342 g/mol. The summed E-state index contributed by atoms with van der Waals surface area (Å²) in [5.41, 5.74) is 3.45. The Morgan fingerprint density at radius 3 is 2.52 bits per heavy atom. The lowest BCUT2D eigenvalue weighted by molar-refractivity contribution is -0.646. The zero-order chi connectivity index (χ0) is 19.6. The van der Waals surface area contributed by atoms with E-state index in [1.807, 2.05) is 73.1 Å². The highest BCUT2D eigenvalue weighted by Crippen LogP contribution is 2.26. The van der Waals surface area contributed by atoms with Gasteiger partial charge in [-0.1, -0.05) is 0 Å². The van der Waals surface area contributed by atoms with Crippen LogP contribution in [0.4, 0.5) is 11.4 Å². The topological polar surface area (TPSA) is 59.5 Å². The minimum Gasteiger partial charge on any atom is -0.497 e. The van der Waals surface area contributed by atoms with E-state index < -0.39 is 0 Å². The summed E-state index contributed by atoms with van der Waals surface area (Å²) in [5.74, 6) is 0.808. The summed E-state index contributed by atoms with van der Waals surface area (Å²) in [7, 11) is 7.34. The minimum atomic E-state index is -0.348. The van der Waals surface area contributed by atoms with Gasteiger partial charge in [-0.05, 0) is 36.4 Å². The molecule has 0 saturated heterocycles. The smallest absolute Gasteiger partial charge is 0.278 e. The van der Waals surface area contributed by atoms with Gasteiger partial charge in [-0.3, -0.25) is 10.1 Å². The molecule has 6 heteroatoms. The van der Waals surface area contributed by atoms with Crippen molar-refractivity contribution < 1.29 is 14.2 Å². The number of pyridine rings is 1. The molecule has 0 N–H and O–H groups in total. The van der Waals surface area contributed by atoms with Gasteiger partial charge in [0, 0.05) is 44.1 Å². The van der Waals surface area contributed by atoms with Crippen molar-refractivity contribution in [3.63, 3.8) is 0 Å². The van der Waals surface area contributed by atoms with E-state index in [9.17, 15) is 10.1 Å². The van der Waals surface area contributed by atoms with E-state index in [2.05, 4.69) is 0 Å². The van der Waals surface area contributed by atoms with Gasteiger partial charge in [0.2, 0.25) is 11.2 Å². The first kappa shape index (κ1) is 18.4. The van der Waals surface area contributed by atoms with E-state index in [1.54, 1.807) is 25.3 Å². The van der Waals surface area contributed by atoms with Crippen LogP contribution >= 0.6 is 0 Å². The van der Waals surface area contributed by atoms with Gasteiger partial charge >= 0.3 is 0 Å². The number of hydrogen-bond acceptors (Lipinski definition) is 4. The van der Waals surface area contributed by atoms with Crippen LogP contribution in [0.2, 0.25) is 0 Å². The normalized spacial score (nSPS) is 11.1. The molecule has 3 rings (SSSR count). The van der Waals surface area contributed by atoms with Crippen molar-refractivity contribution in [2.45, 2.75) is 0 Å². The van der Waals surface area contributed by atoms with Gasteiger partial charge in [0.1, 0.15) is 12.8 Å². The fourth-order valence-corrected chi connectivity index (χ4v) is 2.98. The Kier molecular flexibility index (Phi) is 5.07. The lowest BCUT2D eigenvalue weighted by atomic mass is 10.1. The van der Waals surface area contributed by atoms with E-state index in [1.165, 1.54) is 0 Å². The molecule has 0 spiro atoms. The summed E-state index contributed by atoms with van der Waals surface area (Å²) >= 11 is 0. The molecule has 1 heterocycles. The van der Waals surface area contributed by atoms with Crippen LogP contribution in [0.15, 0.2) is 48.5 Å². The number of aromatic nitrogens is 1. The van der Waals surface area contributed by atoms with Gasteiger partial charge in [0.25, 0.3) is 5.69 Å². The molecule has 6 nitrogen and oxygen atoms in total. The third-order valence-electron chi connectivity index (χ3n) is 4.58. The van der Waals surface area contributed by atoms with E-state index in [-0.39, 0.29) is 10.6 Å². The van der Waals surface area contributed by atoms with Gasteiger partial charge in [0.05, 0.1) is 23.0 Å². The number of hydrogen-bond donors (Lipinski definition) is 0. The minimum absolute atomic E-state index is 0.0885. The number of nitro groups is 1. The van der Waals surface area contributed by atoms with Crippen molar-refractivity contribution in [1.29, 1.82) is 0 Å². The van der Waals surface area contributed by atoms with Crippen molar-refractivity contribution in [2.24, 2.45) is 7.05 Å². The van der Waals surface area contributed by atoms with Gasteiger partial charge in [0.15, 0.2) is 0 Å². The molecule has 0 fully saturated rings. The number of fused-ring (bicyclic) bond motifs is 1. The van der Waals surface area contributed by atoms with Crippen molar-refractivity contribution in [3.05, 3.63) is 69.9 Å². The van der Waals surface area contributed by atoms with Crippen molar-refractivity contribution in [3.8, 4) is 5.75 Å². The molecule has 0 amide bonds. The summed E-state index contributed by atoms with van der Waals surface area (Å²) in [4.78, 5) is 12.9. The molecule has 0 aliphatic heterocycles. The number of anilines is 1. The number of nitrogens with zero attached hydrogens (tertiary/aromatic N) is 3. The second-order valence-corrected chi connectivity index (χ2v) is 6.47. The summed E-state index contributed by atoms with van der Waals surface area (Å²) in [6, 6.07) is 15.1. The van der Waals surface area contributed by atoms with E-state index in [4.69, 9.17) is 4.74 Å². The van der Waals surface area contributed by atoms with Crippen LogP contribution in [0, 0.1) is 10.1 Å². The molecule has 27 heavy (non-hydrogen) atoms. The van der Waals surface area contributed by atoms with E-state index in [0.717, 1.165) is 28.0 Å². The summed E-state index contributed by atoms with van der Waals surface area (Å²) in [6.07, 6.45) is 3.67. The lowest BCUT2D eigenvalue weighted by Gasteiger charge is -2.12. The maximum absolute atomic E-state index is 11.4. The predicted molar refractivity (Wildman–Crippen MR) is 108 cm³/mol. The van der Waals surface area contributed by atoms with Crippen LogP contribution in [0.5, 0.6) is 5.75 Å². The zero-order valence-electron chi connectivity index (χ0n) is 15.8. The molecule has 0 saturated carbocycles. The third kappa shape index (κ3) is 3.74. The predicted octanol–water partition coefficient (Wildman–Crippen LogP) is 3.82. The molecule has 0 unspecified atom stereocenters. The van der Waals surface area contributed by atoms with Gasteiger partial charge < -0.3 is 9.64 Å². The van der Waals surface area contributed by atoms with Gasteiger partial charge in [-0.25, -0.2) is 0 Å². The summed E-state index contributed by atoms with van der Waals surface area (Å²) in [5, 5.41) is 12.5. The SMILES string of the molecule is COc1ccc2c(ccc(/C=C/c3ccc(N(C)C)cc3[N+](=O)[O-])[n+]2C)c1. The van der Waals surface area contributed by atoms with Crippen molar-refractivity contribution >= 4 is 34.4 Å². The number of rotatable bonds is 5. The summed E-state index contributed by atoms with van der Waals surface area (Å²) in [6.45, 7) is 0. The molecule has 0 bridgehead atoms. The van der Waals surface area contributed by atoms with Gasteiger partial charge in [-0.15, -0.1) is 0 Å². The highest BCUT2D eigenvalue weighted by atomic mass is 16.6. The standard InChI is InChI=1S/C21H22N3O3/c1-22(2)18-10-6-15(21(14-18)24(25)26)5-8-17-9-7-16-13-19(27-4)11-12-20(16)23(17)3/h5-14H,1-4H3/q+1. The average Bonchev–Trinajstić information content (AvgIpc) is 2.66. The Morgan fingerprint density at radius 1 is 1.07 bits per heavy atom. The van der Waals surface area contributed by atoms with Crippen LogP contribution in [0.1, 0.15) is 11.3 Å². The number of nitro benzene ring substituents is 1. The third-order valence-corrected chi connectivity index (χ3v) is 4.58. The van der Waals surface area contributed by atoms with Gasteiger partial charge in [-0.2, -0.15) is 4.57 Å². The quantitative estimate of drug-likeness (QED) is 0.392. The lowest BCUT2D eigenvalue weighted by Crippen LogP contribution is -2.32. The molecule has 0 aliphatic rings. The molecule has 0 aliphatic carbocycles. The highest BCUT2D eigenvalue weighted by Gasteiger charge is 2.15. The molecule has 3 aromatic rings. The fourth-order valence-electron chi connectivity index (χ4n) is 2.98. The van der Waals surface area contributed by atoms with Crippen LogP contribution in [0.25, 0.3) is 23.1 Å². The zero-order valence-corrected chi connectivity index (χ0v) is 15.8. The number of aryl methyl sites for hydroxylation is 1. The Hall–Kier alpha value is -3.41. The molecule has 1 aromatic heterocycles. The highest BCUT2D eigenvalue weighted by molar-refractivity contribution is 5.80. The maximum atomic E-state index is 11.4. The van der Waals surface area contributed by atoms with Crippen molar-refractivity contribution in [2.75, 3.05) is 26.1 Å². The maximum Gasteiger partial charge on any atom is 0.278 e. The summed E-state index contributed by atoms with van der Waals surface area (Å²) < 4.78 is 7.32. The Labute approximate surface area is 158 Å². The monoisotopic (exact) mass is 364 g/mol. The number of ether oxygens (including phenoxy) is 1. The second kappa shape index (κ2) is 7.45. The van der Waals surface area contributed by atoms with Crippen LogP contribution in [-0.4, -0.2) is 26.1 Å². The molecule has 138 valence electrons. The Bertz CT molecular complexity index is 1040. The number of benzene rings is 2. The molecular formula is C21H22N3O3+. The Morgan fingerprint density at radius 2 is 1.85 bits per heavy atom. The van der Waals surface area contributed by atoms with Crippen LogP contribution < -0.4 is 14.2 Å². The average molecular weight is 364 g/mol. The number of methoxy groups -OCH3 is 1. The molecule has 0 radical (unpaired) electrons. The fraction of sp³-hybridized carbons (Fsp3) is 0.190. The first-order valence-electron chi connectivity index (χ1n) is 8.51. The van der Waals surface area contributed by atoms with Crippen molar-refractivity contribution in [1.82, 2.24) is 0 Å².